The number of phenols is 1. The molecule has 0 unspecified atom stereocenters. The number of anilines is 1. The molecule has 1 aromatic carbocycles. The number of piperazine rings is 1. The van der Waals surface area contributed by atoms with E-state index < -0.39 is 0 Å². The second kappa shape index (κ2) is 6.35. The molecule has 5 heteroatoms. The van der Waals surface area contributed by atoms with Crippen LogP contribution in [0.1, 0.15) is 20.8 Å². The second-order valence-electron chi connectivity index (χ2n) is 6.26. The van der Waals surface area contributed by atoms with E-state index in [1.807, 2.05) is 43.9 Å². The van der Waals surface area contributed by atoms with Crippen molar-refractivity contribution in [3.63, 3.8) is 0 Å². The van der Waals surface area contributed by atoms with E-state index in [-0.39, 0.29) is 23.9 Å². The topological polar surface area (TPSA) is 53.0 Å². The number of nitrogens with zero attached hydrogens (tertiary/aromatic N) is 2. The third-order valence-corrected chi connectivity index (χ3v) is 3.48. The van der Waals surface area contributed by atoms with Crippen molar-refractivity contribution in [2.75, 3.05) is 37.7 Å². The van der Waals surface area contributed by atoms with Gasteiger partial charge < -0.3 is 19.6 Å². The van der Waals surface area contributed by atoms with E-state index in [9.17, 15) is 9.90 Å². The summed E-state index contributed by atoms with van der Waals surface area (Å²) in [5.41, 5.74) is 0.531. The Labute approximate surface area is 126 Å². The number of benzene rings is 1. The van der Waals surface area contributed by atoms with Gasteiger partial charge in [0.25, 0.3) is 0 Å². The summed E-state index contributed by atoms with van der Waals surface area (Å²) in [4.78, 5) is 16.0. The van der Waals surface area contributed by atoms with Gasteiger partial charge in [-0.1, -0.05) is 12.1 Å². The molecule has 21 heavy (non-hydrogen) atoms. The van der Waals surface area contributed by atoms with Crippen molar-refractivity contribution in [3.05, 3.63) is 24.3 Å². The lowest BCUT2D eigenvalue weighted by Gasteiger charge is -2.36. The summed E-state index contributed by atoms with van der Waals surface area (Å²) in [5.74, 6) is 0.315. The van der Waals surface area contributed by atoms with Crippen molar-refractivity contribution in [2.24, 2.45) is 0 Å². The van der Waals surface area contributed by atoms with E-state index in [2.05, 4.69) is 4.90 Å². The summed E-state index contributed by atoms with van der Waals surface area (Å²) < 4.78 is 5.53. The third kappa shape index (κ3) is 4.36. The van der Waals surface area contributed by atoms with Crippen LogP contribution in [0.25, 0.3) is 0 Å². The molecule has 1 aliphatic heterocycles. The van der Waals surface area contributed by atoms with Crippen LogP contribution in [0.4, 0.5) is 5.69 Å². The predicted octanol–water partition coefficient (Wildman–Crippen LogP) is 1.86. The molecule has 116 valence electrons. The molecule has 2 rings (SSSR count). The van der Waals surface area contributed by atoms with E-state index in [4.69, 9.17) is 4.74 Å². The zero-order valence-electron chi connectivity index (χ0n) is 13.0. The number of para-hydroxylation sites is 2. The van der Waals surface area contributed by atoms with Crippen molar-refractivity contribution in [1.82, 2.24) is 4.90 Å². The van der Waals surface area contributed by atoms with E-state index in [1.54, 1.807) is 6.07 Å². The highest BCUT2D eigenvalue weighted by Gasteiger charge is 2.23. The Balaban J connectivity index is 1.86. The highest BCUT2D eigenvalue weighted by Crippen LogP contribution is 2.27. The smallest absolute Gasteiger partial charge is 0.248 e. The van der Waals surface area contributed by atoms with Crippen LogP contribution in [0.3, 0.4) is 0 Å². The fourth-order valence-electron chi connectivity index (χ4n) is 2.30. The van der Waals surface area contributed by atoms with Crippen molar-refractivity contribution < 1.29 is 14.6 Å². The fourth-order valence-corrected chi connectivity index (χ4v) is 2.30. The molecule has 1 fully saturated rings. The lowest BCUT2D eigenvalue weighted by Crippen LogP contribution is -2.50. The Kier molecular flexibility index (Phi) is 4.73. The maximum absolute atomic E-state index is 12.1. The Morgan fingerprint density at radius 3 is 2.38 bits per heavy atom. The minimum atomic E-state index is -0.298. The zero-order chi connectivity index (χ0) is 15.5. The molecule has 1 aromatic rings. The maximum atomic E-state index is 12.1. The van der Waals surface area contributed by atoms with Crippen molar-refractivity contribution in [2.45, 2.75) is 26.4 Å². The van der Waals surface area contributed by atoms with Gasteiger partial charge in [0.05, 0.1) is 11.3 Å². The first-order chi connectivity index (χ1) is 9.87. The fraction of sp³-hybridized carbons (Fsp3) is 0.562. The summed E-state index contributed by atoms with van der Waals surface area (Å²) >= 11 is 0. The van der Waals surface area contributed by atoms with Crippen LogP contribution in [0, 0.1) is 0 Å². The highest BCUT2D eigenvalue weighted by atomic mass is 16.5. The Bertz CT molecular complexity index is 489. The molecule has 0 radical (unpaired) electrons. The largest absolute Gasteiger partial charge is 0.506 e. The van der Waals surface area contributed by atoms with Crippen LogP contribution in [0.2, 0.25) is 0 Å². The first-order valence-corrected chi connectivity index (χ1v) is 7.31. The molecule has 0 saturated carbocycles. The third-order valence-electron chi connectivity index (χ3n) is 3.48. The minimum Gasteiger partial charge on any atom is -0.506 e. The van der Waals surface area contributed by atoms with Crippen LogP contribution >= 0.6 is 0 Å². The number of hydrogen-bond donors (Lipinski definition) is 1. The molecular weight excluding hydrogens is 268 g/mol. The van der Waals surface area contributed by atoms with Gasteiger partial charge in [-0.15, -0.1) is 0 Å². The molecule has 0 aromatic heterocycles. The van der Waals surface area contributed by atoms with Gasteiger partial charge in [0.2, 0.25) is 5.91 Å². The van der Waals surface area contributed by atoms with Crippen molar-refractivity contribution >= 4 is 11.6 Å². The SMILES string of the molecule is CC(C)(C)OCC(=O)N1CCN(c2ccccc2O)CC1. The van der Waals surface area contributed by atoms with Gasteiger partial charge in [-0.05, 0) is 32.9 Å². The molecule has 1 amide bonds. The first-order valence-electron chi connectivity index (χ1n) is 7.31. The molecule has 1 N–H and O–H groups in total. The Morgan fingerprint density at radius 1 is 1.19 bits per heavy atom. The van der Waals surface area contributed by atoms with Crippen LogP contribution < -0.4 is 4.90 Å². The summed E-state index contributed by atoms with van der Waals surface area (Å²) in [5, 5.41) is 9.87. The van der Waals surface area contributed by atoms with Crippen LogP contribution in [-0.4, -0.2) is 54.3 Å². The quantitative estimate of drug-likeness (QED) is 0.924. The highest BCUT2D eigenvalue weighted by molar-refractivity contribution is 5.78. The average molecular weight is 292 g/mol. The molecule has 0 atom stereocenters. The Hall–Kier alpha value is -1.75. The summed E-state index contributed by atoms with van der Waals surface area (Å²) in [6.45, 7) is 8.70. The molecule has 5 nitrogen and oxygen atoms in total. The molecule has 0 spiro atoms. The summed E-state index contributed by atoms with van der Waals surface area (Å²) in [6, 6.07) is 7.30. The molecule has 1 saturated heterocycles. The number of rotatable bonds is 3. The van der Waals surface area contributed by atoms with E-state index in [0.717, 1.165) is 18.8 Å². The lowest BCUT2D eigenvalue weighted by molar-refractivity contribution is -0.141. The van der Waals surface area contributed by atoms with Gasteiger partial charge in [-0.25, -0.2) is 0 Å². The molecular formula is C16H24N2O3. The maximum Gasteiger partial charge on any atom is 0.248 e. The number of aromatic hydroxyl groups is 1. The molecule has 0 bridgehead atoms. The zero-order valence-corrected chi connectivity index (χ0v) is 13.0. The number of hydrogen-bond acceptors (Lipinski definition) is 4. The number of carbonyl (C=O) groups is 1. The summed E-state index contributed by atoms with van der Waals surface area (Å²) in [7, 11) is 0. The summed E-state index contributed by atoms with van der Waals surface area (Å²) in [6.07, 6.45) is 0. The van der Waals surface area contributed by atoms with E-state index in [0.29, 0.717) is 13.1 Å². The van der Waals surface area contributed by atoms with Crippen molar-refractivity contribution in [1.29, 1.82) is 0 Å². The van der Waals surface area contributed by atoms with Gasteiger partial charge in [0.1, 0.15) is 12.4 Å². The van der Waals surface area contributed by atoms with Crippen LogP contribution in [0.5, 0.6) is 5.75 Å². The lowest BCUT2D eigenvalue weighted by atomic mass is 10.2. The van der Waals surface area contributed by atoms with Gasteiger partial charge in [-0.2, -0.15) is 0 Å². The standard InChI is InChI=1S/C16H24N2O3/c1-16(2,3)21-12-15(20)18-10-8-17(9-11-18)13-6-4-5-7-14(13)19/h4-7,19H,8-12H2,1-3H3. The second-order valence-corrected chi connectivity index (χ2v) is 6.26. The van der Waals surface area contributed by atoms with E-state index in [1.165, 1.54) is 0 Å². The normalized spacial score (nSPS) is 16.1. The van der Waals surface area contributed by atoms with Crippen LogP contribution in [0.15, 0.2) is 24.3 Å². The van der Waals surface area contributed by atoms with E-state index >= 15 is 0 Å². The molecule has 1 aliphatic rings. The number of carbonyl (C=O) groups excluding carboxylic acids is 1. The molecule has 0 aliphatic carbocycles. The Morgan fingerprint density at radius 2 is 1.81 bits per heavy atom. The minimum absolute atomic E-state index is 0.0295. The molecule has 1 heterocycles. The first kappa shape index (κ1) is 15.6. The number of ether oxygens (including phenoxy) is 1. The van der Waals surface area contributed by atoms with Gasteiger partial charge in [0.15, 0.2) is 0 Å². The van der Waals surface area contributed by atoms with Crippen LogP contribution in [-0.2, 0) is 9.53 Å². The van der Waals surface area contributed by atoms with Crippen molar-refractivity contribution in [3.8, 4) is 5.75 Å². The van der Waals surface area contributed by atoms with Gasteiger partial charge in [-0.3, -0.25) is 4.79 Å². The van der Waals surface area contributed by atoms with Gasteiger partial charge >= 0.3 is 0 Å². The monoisotopic (exact) mass is 292 g/mol. The number of amides is 1. The predicted molar refractivity (Wildman–Crippen MR) is 82.6 cm³/mol. The average Bonchev–Trinajstić information content (AvgIpc) is 2.45. The number of phenolic OH excluding ortho intramolecular Hbond substituents is 1. The van der Waals surface area contributed by atoms with Gasteiger partial charge in [0, 0.05) is 26.2 Å².